The van der Waals surface area contributed by atoms with Gasteiger partial charge in [0.1, 0.15) is 6.26 Å². The molecule has 0 bridgehead atoms. The molecule has 1 rings (SSSR count). The standard InChI is InChI=1S/C8H13FN2O/c1-5(2)7-4-12-8(11-7)6(9)3-10/h4-6H,3,10H2,1-2H3. The van der Waals surface area contributed by atoms with Gasteiger partial charge in [-0.2, -0.15) is 0 Å². The molecule has 1 heterocycles. The van der Waals surface area contributed by atoms with Crippen molar-refractivity contribution in [1.82, 2.24) is 4.98 Å². The van der Waals surface area contributed by atoms with Crippen molar-refractivity contribution < 1.29 is 8.81 Å². The highest BCUT2D eigenvalue weighted by Gasteiger charge is 2.15. The zero-order valence-electron chi connectivity index (χ0n) is 7.25. The largest absolute Gasteiger partial charge is 0.446 e. The van der Waals surface area contributed by atoms with Crippen molar-refractivity contribution in [2.75, 3.05) is 6.54 Å². The van der Waals surface area contributed by atoms with Gasteiger partial charge in [-0.05, 0) is 5.92 Å². The lowest BCUT2D eigenvalue weighted by Gasteiger charge is -1.97. The van der Waals surface area contributed by atoms with Crippen molar-refractivity contribution >= 4 is 0 Å². The van der Waals surface area contributed by atoms with Gasteiger partial charge < -0.3 is 10.2 Å². The van der Waals surface area contributed by atoms with Crippen LogP contribution >= 0.6 is 0 Å². The maximum atomic E-state index is 12.9. The van der Waals surface area contributed by atoms with E-state index < -0.39 is 6.17 Å². The number of nitrogens with zero attached hydrogens (tertiary/aromatic N) is 1. The van der Waals surface area contributed by atoms with Crippen LogP contribution in [0.4, 0.5) is 4.39 Å². The number of alkyl halides is 1. The molecular weight excluding hydrogens is 159 g/mol. The predicted octanol–water partition coefficient (Wildman–Crippen LogP) is 1.77. The third-order valence-electron chi connectivity index (χ3n) is 1.61. The summed E-state index contributed by atoms with van der Waals surface area (Å²) < 4.78 is 17.8. The Bertz CT molecular complexity index is 247. The second kappa shape index (κ2) is 3.67. The number of oxazole rings is 1. The number of nitrogens with two attached hydrogens (primary N) is 1. The number of aromatic nitrogens is 1. The molecule has 0 fully saturated rings. The number of halogens is 1. The molecule has 1 aromatic heterocycles. The number of rotatable bonds is 3. The van der Waals surface area contributed by atoms with E-state index in [2.05, 4.69) is 4.98 Å². The van der Waals surface area contributed by atoms with E-state index in [1.54, 1.807) is 0 Å². The van der Waals surface area contributed by atoms with Crippen molar-refractivity contribution in [2.45, 2.75) is 25.9 Å². The molecule has 2 N–H and O–H groups in total. The van der Waals surface area contributed by atoms with Crippen LogP contribution in [0.25, 0.3) is 0 Å². The summed E-state index contributed by atoms with van der Waals surface area (Å²) in [4.78, 5) is 3.96. The van der Waals surface area contributed by atoms with Gasteiger partial charge in [0, 0.05) is 6.54 Å². The lowest BCUT2D eigenvalue weighted by Crippen LogP contribution is -2.08. The van der Waals surface area contributed by atoms with Gasteiger partial charge in [-0.15, -0.1) is 0 Å². The van der Waals surface area contributed by atoms with Crippen LogP contribution in [0.1, 0.15) is 37.5 Å². The Morgan fingerprint density at radius 2 is 2.33 bits per heavy atom. The van der Waals surface area contributed by atoms with E-state index >= 15 is 0 Å². The first-order valence-electron chi connectivity index (χ1n) is 3.94. The first kappa shape index (κ1) is 9.19. The van der Waals surface area contributed by atoms with E-state index in [4.69, 9.17) is 10.2 Å². The predicted molar refractivity (Wildman–Crippen MR) is 43.5 cm³/mol. The molecule has 1 atom stereocenters. The molecule has 0 aliphatic rings. The van der Waals surface area contributed by atoms with Crippen LogP contribution in [-0.2, 0) is 0 Å². The molecule has 0 amide bonds. The molecule has 3 nitrogen and oxygen atoms in total. The number of hydrogen-bond donors (Lipinski definition) is 1. The zero-order valence-corrected chi connectivity index (χ0v) is 7.25. The average Bonchev–Trinajstić information content (AvgIpc) is 2.51. The third-order valence-corrected chi connectivity index (χ3v) is 1.61. The Labute approximate surface area is 70.8 Å². The lowest BCUT2D eigenvalue weighted by molar-refractivity contribution is 0.283. The van der Waals surface area contributed by atoms with Gasteiger partial charge in [0.05, 0.1) is 5.69 Å². The molecule has 0 saturated heterocycles. The fourth-order valence-corrected chi connectivity index (χ4v) is 0.811. The van der Waals surface area contributed by atoms with Crippen LogP contribution in [0.3, 0.4) is 0 Å². The van der Waals surface area contributed by atoms with Crippen LogP contribution in [0.15, 0.2) is 10.7 Å². The van der Waals surface area contributed by atoms with E-state index in [-0.39, 0.29) is 18.4 Å². The summed E-state index contributed by atoms with van der Waals surface area (Å²) in [6, 6.07) is 0. The van der Waals surface area contributed by atoms with Crippen molar-refractivity contribution in [2.24, 2.45) is 5.73 Å². The zero-order chi connectivity index (χ0) is 9.14. The third kappa shape index (κ3) is 1.82. The van der Waals surface area contributed by atoms with Gasteiger partial charge in [-0.3, -0.25) is 0 Å². The van der Waals surface area contributed by atoms with Gasteiger partial charge in [-0.1, -0.05) is 13.8 Å². The molecule has 0 spiro atoms. The maximum absolute atomic E-state index is 12.9. The van der Waals surface area contributed by atoms with E-state index in [1.165, 1.54) is 6.26 Å². The SMILES string of the molecule is CC(C)c1coc(C(F)CN)n1. The Kier molecular flexibility index (Phi) is 2.81. The minimum Gasteiger partial charge on any atom is -0.446 e. The summed E-state index contributed by atoms with van der Waals surface area (Å²) >= 11 is 0. The summed E-state index contributed by atoms with van der Waals surface area (Å²) in [6.45, 7) is 3.85. The molecule has 12 heavy (non-hydrogen) atoms. The van der Waals surface area contributed by atoms with Gasteiger partial charge in [0.2, 0.25) is 5.89 Å². The fourth-order valence-electron chi connectivity index (χ4n) is 0.811. The highest BCUT2D eigenvalue weighted by atomic mass is 19.1. The quantitative estimate of drug-likeness (QED) is 0.755. The van der Waals surface area contributed by atoms with Crippen molar-refractivity contribution in [3.05, 3.63) is 17.8 Å². The van der Waals surface area contributed by atoms with Crippen LogP contribution in [0.2, 0.25) is 0 Å². The average molecular weight is 172 g/mol. The maximum Gasteiger partial charge on any atom is 0.230 e. The Hall–Kier alpha value is -0.900. The van der Waals surface area contributed by atoms with Crippen molar-refractivity contribution in [3.8, 4) is 0 Å². The topological polar surface area (TPSA) is 52.0 Å². The number of hydrogen-bond acceptors (Lipinski definition) is 3. The smallest absolute Gasteiger partial charge is 0.230 e. The van der Waals surface area contributed by atoms with Crippen LogP contribution in [0.5, 0.6) is 0 Å². The van der Waals surface area contributed by atoms with Crippen LogP contribution in [-0.4, -0.2) is 11.5 Å². The molecule has 0 aromatic carbocycles. The summed E-state index contributed by atoms with van der Waals surface area (Å²) in [7, 11) is 0. The van der Waals surface area contributed by atoms with Crippen molar-refractivity contribution in [3.63, 3.8) is 0 Å². The Balaban J connectivity index is 2.77. The van der Waals surface area contributed by atoms with E-state index in [0.717, 1.165) is 5.69 Å². The second-order valence-electron chi connectivity index (χ2n) is 2.97. The molecule has 68 valence electrons. The summed E-state index contributed by atoms with van der Waals surface area (Å²) in [5, 5.41) is 0. The van der Waals surface area contributed by atoms with E-state index in [1.807, 2.05) is 13.8 Å². The summed E-state index contributed by atoms with van der Waals surface area (Å²) in [5.41, 5.74) is 5.88. The molecule has 1 unspecified atom stereocenters. The molecule has 0 radical (unpaired) electrons. The second-order valence-corrected chi connectivity index (χ2v) is 2.97. The highest BCUT2D eigenvalue weighted by Crippen LogP contribution is 2.19. The van der Waals surface area contributed by atoms with Gasteiger partial charge in [0.25, 0.3) is 0 Å². The minimum absolute atomic E-state index is 0.0844. The first-order valence-corrected chi connectivity index (χ1v) is 3.94. The molecular formula is C8H13FN2O. The minimum atomic E-state index is -1.28. The highest BCUT2D eigenvalue weighted by molar-refractivity contribution is 5.03. The summed E-state index contributed by atoms with van der Waals surface area (Å²) in [6.07, 6.45) is 0.194. The molecule has 4 heteroatoms. The van der Waals surface area contributed by atoms with Crippen molar-refractivity contribution in [1.29, 1.82) is 0 Å². The Morgan fingerprint density at radius 3 is 2.75 bits per heavy atom. The Morgan fingerprint density at radius 1 is 1.67 bits per heavy atom. The normalized spacial score (nSPS) is 13.8. The van der Waals surface area contributed by atoms with Gasteiger partial charge in [-0.25, -0.2) is 9.37 Å². The van der Waals surface area contributed by atoms with Crippen LogP contribution in [0, 0.1) is 0 Å². The van der Waals surface area contributed by atoms with E-state index in [9.17, 15) is 4.39 Å². The van der Waals surface area contributed by atoms with Crippen LogP contribution < -0.4 is 5.73 Å². The first-order chi connectivity index (χ1) is 5.65. The monoisotopic (exact) mass is 172 g/mol. The molecule has 0 aliphatic carbocycles. The van der Waals surface area contributed by atoms with Gasteiger partial charge >= 0.3 is 0 Å². The van der Waals surface area contributed by atoms with Gasteiger partial charge in [0.15, 0.2) is 6.17 Å². The molecule has 0 saturated carbocycles. The molecule has 1 aromatic rings. The lowest BCUT2D eigenvalue weighted by atomic mass is 10.2. The summed E-state index contributed by atoms with van der Waals surface area (Å²) in [5.74, 6) is 0.341. The fraction of sp³-hybridized carbons (Fsp3) is 0.625. The molecule has 0 aliphatic heterocycles. The van der Waals surface area contributed by atoms with E-state index in [0.29, 0.717) is 0 Å².